The van der Waals surface area contributed by atoms with Crippen molar-refractivity contribution in [2.24, 2.45) is 11.7 Å². The molecule has 0 saturated carbocycles. The van der Waals surface area contributed by atoms with Crippen LogP contribution in [0.4, 0.5) is 0 Å². The second-order valence-corrected chi connectivity index (χ2v) is 4.94. The summed E-state index contributed by atoms with van der Waals surface area (Å²) in [6, 6.07) is -0.273. The van der Waals surface area contributed by atoms with Crippen molar-refractivity contribution < 1.29 is 9.53 Å². The predicted molar refractivity (Wildman–Crippen MR) is 68.9 cm³/mol. The van der Waals surface area contributed by atoms with E-state index in [1.54, 1.807) is 0 Å². The number of ether oxygens (including phenoxy) is 1. The highest BCUT2D eigenvalue weighted by atomic mass is 16.5. The van der Waals surface area contributed by atoms with Crippen molar-refractivity contribution >= 4 is 5.78 Å². The summed E-state index contributed by atoms with van der Waals surface area (Å²) in [6.45, 7) is 8.73. The van der Waals surface area contributed by atoms with Crippen LogP contribution in [0.15, 0.2) is 0 Å². The van der Waals surface area contributed by atoms with E-state index >= 15 is 0 Å². The number of ketones is 1. The van der Waals surface area contributed by atoms with E-state index in [9.17, 15) is 4.79 Å². The number of hydrogen-bond acceptors (Lipinski definition) is 4. The van der Waals surface area contributed by atoms with Crippen LogP contribution in [0.3, 0.4) is 0 Å². The molecule has 0 unspecified atom stereocenters. The van der Waals surface area contributed by atoms with Gasteiger partial charge in [-0.25, -0.2) is 0 Å². The van der Waals surface area contributed by atoms with Gasteiger partial charge in [-0.15, -0.1) is 0 Å². The second-order valence-electron chi connectivity index (χ2n) is 4.94. The zero-order chi connectivity index (χ0) is 12.7. The quantitative estimate of drug-likeness (QED) is 0.725. The number of hydrogen-bond donors (Lipinski definition) is 1. The first-order chi connectivity index (χ1) is 8.15. The van der Waals surface area contributed by atoms with Crippen LogP contribution in [-0.4, -0.2) is 49.6 Å². The first kappa shape index (κ1) is 14.6. The third-order valence-corrected chi connectivity index (χ3v) is 3.63. The fourth-order valence-corrected chi connectivity index (χ4v) is 2.04. The molecule has 0 bridgehead atoms. The highest BCUT2D eigenvalue weighted by molar-refractivity contribution is 5.83. The SMILES string of the molecule is CC[C@H](C)[C@H](N)C(=O)CCCN1CCOCC1. The van der Waals surface area contributed by atoms with E-state index in [0.29, 0.717) is 12.3 Å². The maximum absolute atomic E-state index is 11.8. The Hall–Kier alpha value is -0.450. The highest BCUT2D eigenvalue weighted by Crippen LogP contribution is 2.09. The smallest absolute Gasteiger partial charge is 0.149 e. The zero-order valence-electron chi connectivity index (χ0n) is 11.2. The predicted octanol–water partition coefficient (Wildman–Crippen LogP) is 1.04. The molecule has 4 heteroatoms. The molecule has 100 valence electrons. The van der Waals surface area contributed by atoms with Crippen molar-refractivity contribution in [3.05, 3.63) is 0 Å². The summed E-state index contributed by atoms with van der Waals surface area (Å²) < 4.78 is 5.28. The monoisotopic (exact) mass is 242 g/mol. The minimum absolute atomic E-state index is 0.215. The van der Waals surface area contributed by atoms with Crippen molar-refractivity contribution in [2.75, 3.05) is 32.8 Å². The molecule has 2 N–H and O–H groups in total. The van der Waals surface area contributed by atoms with Crippen LogP contribution in [0.2, 0.25) is 0 Å². The summed E-state index contributed by atoms with van der Waals surface area (Å²) in [5.74, 6) is 0.512. The van der Waals surface area contributed by atoms with Crippen molar-refractivity contribution in [3.8, 4) is 0 Å². The molecule has 1 rings (SSSR count). The molecule has 0 aromatic heterocycles. The van der Waals surface area contributed by atoms with E-state index in [1.807, 2.05) is 6.92 Å². The molecule has 0 radical (unpaired) electrons. The Bertz CT molecular complexity index is 227. The fraction of sp³-hybridized carbons (Fsp3) is 0.923. The van der Waals surface area contributed by atoms with Gasteiger partial charge < -0.3 is 10.5 Å². The van der Waals surface area contributed by atoms with Gasteiger partial charge in [0, 0.05) is 19.5 Å². The van der Waals surface area contributed by atoms with Crippen LogP contribution in [-0.2, 0) is 9.53 Å². The molecule has 17 heavy (non-hydrogen) atoms. The first-order valence-electron chi connectivity index (χ1n) is 6.73. The summed E-state index contributed by atoms with van der Waals surface area (Å²) in [4.78, 5) is 14.2. The number of carbonyl (C=O) groups excluding carboxylic acids is 1. The molecule has 4 nitrogen and oxygen atoms in total. The Labute approximate surface area is 104 Å². The number of morpholine rings is 1. The Balaban J connectivity index is 2.14. The summed E-state index contributed by atoms with van der Waals surface area (Å²) in [6.07, 6.45) is 2.50. The molecule has 1 saturated heterocycles. The average molecular weight is 242 g/mol. The van der Waals surface area contributed by atoms with Crippen LogP contribution >= 0.6 is 0 Å². The number of nitrogens with two attached hydrogens (primary N) is 1. The van der Waals surface area contributed by atoms with Gasteiger partial charge in [0.05, 0.1) is 19.3 Å². The van der Waals surface area contributed by atoms with Gasteiger partial charge in [-0.1, -0.05) is 20.3 Å². The van der Waals surface area contributed by atoms with E-state index in [4.69, 9.17) is 10.5 Å². The van der Waals surface area contributed by atoms with Gasteiger partial charge in [0.25, 0.3) is 0 Å². The van der Waals surface area contributed by atoms with E-state index in [0.717, 1.165) is 45.7 Å². The topological polar surface area (TPSA) is 55.6 Å². The Kier molecular flexibility index (Phi) is 6.70. The van der Waals surface area contributed by atoms with Crippen LogP contribution in [0.1, 0.15) is 33.1 Å². The number of Topliss-reactive ketones (excluding diaryl/α,β-unsaturated/α-hetero) is 1. The molecule has 0 aromatic carbocycles. The summed E-state index contributed by atoms with van der Waals surface area (Å²) >= 11 is 0. The Morgan fingerprint density at radius 2 is 2.06 bits per heavy atom. The molecule has 1 aliphatic rings. The molecule has 2 atom stereocenters. The number of nitrogens with zero attached hydrogens (tertiary/aromatic N) is 1. The van der Waals surface area contributed by atoms with Crippen molar-refractivity contribution in [1.29, 1.82) is 0 Å². The standard InChI is InChI=1S/C13H26N2O2/c1-3-11(2)13(14)12(16)5-4-6-15-7-9-17-10-8-15/h11,13H,3-10,14H2,1-2H3/t11-,13-/m0/s1. The minimum atomic E-state index is -0.273. The Morgan fingerprint density at radius 3 is 2.65 bits per heavy atom. The minimum Gasteiger partial charge on any atom is -0.379 e. The van der Waals surface area contributed by atoms with Crippen LogP contribution in [0.5, 0.6) is 0 Å². The van der Waals surface area contributed by atoms with E-state index < -0.39 is 0 Å². The molecule has 1 fully saturated rings. The fourth-order valence-electron chi connectivity index (χ4n) is 2.04. The molecule has 1 heterocycles. The van der Waals surface area contributed by atoms with Crippen molar-refractivity contribution in [3.63, 3.8) is 0 Å². The molecular weight excluding hydrogens is 216 g/mol. The van der Waals surface area contributed by atoms with Gasteiger partial charge >= 0.3 is 0 Å². The lowest BCUT2D eigenvalue weighted by Gasteiger charge is -2.26. The largest absolute Gasteiger partial charge is 0.379 e. The van der Waals surface area contributed by atoms with E-state index in [2.05, 4.69) is 11.8 Å². The molecular formula is C13H26N2O2. The molecule has 0 aromatic rings. The van der Waals surface area contributed by atoms with Gasteiger partial charge in [0.15, 0.2) is 0 Å². The van der Waals surface area contributed by atoms with E-state index in [-0.39, 0.29) is 11.8 Å². The Morgan fingerprint density at radius 1 is 1.41 bits per heavy atom. The second kappa shape index (κ2) is 7.80. The highest BCUT2D eigenvalue weighted by Gasteiger charge is 2.19. The first-order valence-corrected chi connectivity index (χ1v) is 6.73. The van der Waals surface area contributed by atoms with Crippen molar-refractivity contribution in [1.82, 2.24) is 4.90 Å². The lowest BCUT2D eigenvalue weighted by molar-refractivity contribution is -0.121. The van der Waals surface area contributed by atoms with Gasteiger partial charge in [0.2, 0.25) is 0 Å². The van der Waals surface area contributed by atoms with Crippen LogP contribution in [0.25, 0.3) is 0 Å². The average Bonchev–Trinajstić information content (AvgIpc) is 2.38. The molecule has 1 aliphatic heterocycles. The summed E-state index contributed by atoms with van der Waals surface area (Å²) in [5, 5.41) is 0. The van der Waals surface area contributed by atoms with Crippen LogP contribution in [0, 0.1) is 5.92 Å². The lowest BCUT2D eigenvalue weighted by Crippen LogP contribution is -2.39. The molecule has 0 aliphatic carbocycles. The number of carbonyl (C=O) groups is 1. The molecule has 0 spiro atoms. The van der Waals surface area contributed by atoms with Gasteiger partial charge in [-0.2, -0.15) is 0 Å². The zero-order valence-corrected chi connectivity index (χ0v) is 11.2. The third-order valence-electron chi connectivity index (χ3n) is 3.63. The summed E-state index contributed by atoms with van der Waals surface area (Å²) in [5.41, 5.74) is 5.91. The van der Waals surface area contributed by atoms with Crippen LogP contribution < -0.4 is 5.73 Å². The third kappa shape index (κ3) is 5.15. The maximum atomic E-state index is 11.8. The maximum Gasteiger partial charge on any atom is 0.149 e. The van der Waals surface area contributed by atoms with E-state index in [1.165, 1.54) is 0 Å². The normalized spacial score (nSPS) is 21.1. The number of rotatable bonds is 7. The van der Waals surface area contributed by atoms with Gasteiger partial charge in [-0.05, 0) is 18.9 Å². The summed E-state index contributed by atoms with van der Waals surface area (Å²) in [7, 11) is 0. The van der Waals surface area contributed by atoms with Crippen molar-refractivity contribution in [2.45, 2.75) is 39.2 Å². The lowest BCUT2D eigenvalue weighted by atomic mass is 9.94. The molecule has 0 amide bonds. The van der Waals surface area contributed by atoms with Gasteiger partial charge in [-0.3, -0.25) is 9.69 Å². The van der Waals surface area contributed by atoms with Gasteiger partial charge in [0.1, 0.15) is 5.78 Å².